The van der Waals surface area contributed by atoms with Crippen molar-refractivity contribution in [1.82, 2.24) is 15.5 Å². The molecule has 0 saturated carbocycles. The molecule has 0 aliphatic carbocycles. The van der Waals surface area contributed by atoms with Crippen LogP contribution in [0.15, 0.2) is 18.2 Å². The molecular formula is C12H13Cl2N3S. The molecule has 2 rings (SSSR count). The Kier molecular flexibility index (Phi) is 4.95. The van der Waals surface area contributed by atoms with Crippen molar-refractivity contribution in [3.8, 4) is 10.6 Å². The lowest BCUT2D eigenvalue weighted by atomic mass is 10.2. The van der Waals surface area contributed by atoms with Gasteiger partial charge in [0.15, 0.2) is 0 Å². The number of hydrogen-bond acceptors (Lipinski definition) is 4. The standard InChI is InChI=1S/C12H13Cl2N3S/c1-2-5-15-7-11-16-17-12(18-11)9-6-8(13)3-4-10(9)14/h3-4,6,15H,2,5,7H2,1H3. The Balaban J connectivity index is 2.16. The van der Waals surface area contributed by atoms with E-state index in [1.807, 2.05) is 6.07 Å². The predicted octanol–water partition coefficient (Wildman–Crippen LogP) is 4.01. The van der Waals surface area contributed by atoms with E-state index in [0.717, 1.165) is 35.1 Å². The van der Waals surface area contributed by atoms with Crippen LogP contribution in [-0.4, -0.2) is 16.7 Å². The van der Waals surface area contributed by atoms with Crippen LogP contribution in [0, 0.1) is 0 Å². The zero-order valence-electron chi connectivity index (χ0n) is 9.91. The van der Waals surface area contributed by atoms with Gasteiger partial charge < -0.3 is 5.32 Å². The normalized spacial score (nSPS) is 10.8. The Morgan fingerprint density at radius 1 is 1.28 bits per heavy atom. The maximum atomic E-state index is 6.13. The smallest absolute Gasteiger partial charge is 0.149 e. The highest BCUT2D eigenvalue weighted by molar-refractivity contribution is 7.14. The van der Waals surface area contributed by atoms with Crippen LogP contribution >= 0.6 is 34.5 Å². The number of nitrogens with zero attached hydrogens (tertiary/aromatic N) is 2. The van der Waals surface area contributed by atoms with E-state index in [1.165, 1.54) is 11.3 Å². The summed E-state index contributed by atoms with van der Waals surface area (Å²) in [5.74, 6) is 0. The minimum atomic E-state index is 0.642. The van der Waals surface area contributed by atoms with Gasteiger partial charge in [0.1, 0.15) is 10.0 Å². The lowest BCUT2D eigenvalue weighted by Gasteiger charge is -1.99. The molecule has 6 heteroatoms. The van der Waals surface area contributed by atoms with Gasteiger partial charge in [-0.05, 0) is 31.2 Å². The molecule has 1 aromatic carbocycles. The van der Waals surface area contributed by atoms with Gasteiger partial charge in [-0.1, -0.05) is 41.5 Å². The quantitative estimate of drug-likeness (QED) is 0.848. The van der Waals surface area contributed by atoms with Crippen LogP contribution in [0.4, 0.5) is 0 Å². The van der Waals surface area contributed by atoms with Gasteiger partial charge in [-0.3, -0.25) is 0 Å². The first kappa shape index (κ1) is 13.7. The molecule has 0 fully saturated rings. The minimum absolute atomic E-state index is 0.642. The molecule has 1 heterocycles. The molecule has 0 saturated heterocycles. The van der Waals surface area contributed by atoms with Crippen molar-refractivity contribution in [2.24, 2.45) is 0 Å². The molecule has 2 aromatic rings. The molecular weight excluding hydrogens is 289 g/mol. The first-order valence-electron chi connectivity index (χ1n) is 5.69. The van der Waals surface area contributed by atoms with E-state index in [-0.39, 0.29) is 0 Å². The van der Waals surface area contributed by atoms with Crippen molar-refractivity contribution >= 4 is 34.5 Å². The first-order chi connectivity index (χ1) is 8.70. The Hall–Kier alpha value is -0.680. The van der Waals surface area contributed by atoms with Crippen LogP contribution in [0.25, 0.3) is 10.6 Å². The highest BCUT2D eigenvalue weighted by atomic mass is 35.5. The van der Waals surface area contributed by atoms with Crippen molar-refractivity contribution < 1.29 is 0 Å². The fourth-order valence-electron chi connectivity index (χ4n) is 1.47. The maximum Gasteiger partial charge on any atom is 0.149 e. The summed E-state index contributed by atoms with van der Waals surface area (Å²) in [6.45, 7) is 3.85. The molecule has 0 bridgehead atoms. The lowest BCUT2D eigenvalue weighted by molar-refractivity contribution is 0.668. The van der Waals surface area contributed by atoms with E-state index in [1.54, 1.807) is 12.1 Å². The predicted molar refractivity (Wildman–Crippen MR) is 77.4 cm³/mol. The Bertz CT molecular complexity index is 528. The monoisotopic (exact) mass is 301 g/mol. The molecule has 0 aliphatic heterocycles. The second kappa shape index (κ2) is 6.48. The number of aromatic nitrogens is 2. The van der Waals surface area contributed by atoms with Gasteiger partial charge in [0.2, 0.25) is 0 Å². The lowest BCUT2D eigenvalue weighted by Crippen LogP contribution is -2.13. The average Bonchev–Trinajstić information content (AvgIpc) is 2.81. The van der Waals surface area contributed by atoms with Crippen LogP contribution in [-0.2, 0) is 6.54 Å². The molecule has 0 amide bonds. The summed E-state index contributed by atoms with van der Waals surface area (Å²) in [6, 6.07) is 5.35. The molecule has 0 aliphatic rings. The van der Waals surface area contributed by atoms with Gasteiger partial charge >= 0.3 is 0 Å². The third kappa shape index (κ3) is 3.42. The third-order valence-corrected chi connectivity index (χ3v) is 3.85. The molecule has 0 atom stereocenters. The molecule has 3 nitrogen and oxygen atoms in total. The highest BCUT2D eigenvalue weighted by Gasteiger charge is 2.10. The zero-order valence-corrected chi connectivity index (χ0v) is 12.2. The van der Waals surface area contributed by atoms with E-state index < -0.39 is 0 Å². The SMILES string of the molecule is CCCNCc1nnc(-c2cc(Cl)ccc2Cl)s1. The molecule has 0 unspecified atom stereocenters. The minimum Gasteiger partial charge on any atom is -0.310 e. The number of halogens is 2. The number of benzene rings is 1. The van der Waals surface area contributed by atoms with Crippen LogP contribution < -0.4 is 5.32 Å². The summed E-state index contributed by atoms with van der Waals surface area (Å²) < 4.78 is 0. The molecule has 1 aromatic heterocycles. The largest absolute Gasteiger partial charge is 0.310 e. The highest BCUT2D eigenvalue weighted by Crippen LogP contribution is 2.32. The molecule has 96 valence electrons. The van der Waals surface area contributed by atoms with E-state index >= 15 is 0 Å². The van der Waals surface area contributed by atoms with Gasteiger partial charge in [0, 0.05) is 17.1 Å². The van der Waals surface area contributed by atoms with E-state index in [9.17, 15) is 0 Å². The fourth-order valence-corrected chi connectivity index (χ4v) is 2.74. The molecule has 1 N–H and O–H groups in total. The summed E-state index contributed by atoms with van der Waals surface area (Å²) in [7, 11) is 0. The van der Waals surface area contributed by atoms with Crippen molar-refractivity contribution in [2.45, 2.75) is 19.9 Å². The Labute approximate surface area is 120 Å². The van der Waals surface area contributed by atoms with E-state index in [4.69, 9.17) is 23.2 Å². The summed E-state index contributed by atoms with van der Waals surface area (Å²) in [5.41, 5.74) is 0.836. The van der Waals surface area contributed by atoms with Crippen molar-refractivity contribution in [3.63, 3.8) is 0 Å². The zero-order chi connectivity index (χ0) is 13.0. The number of nitrogens with one attached hydrogen (secondary N) is 1. The second-order valence-electron chi connectivity index (χ2n) is 3.80. The maximum absolute atomic E-state index is 6.13. The average molecular weight is 302 g/mol. The van der Waals surface area contributed by atoms with E-state index in [0.29, 0.717) is 10.0 Å². The Morgan fingerprint density at radius 2 is 2.11 bits per heavy atom. The third-order valence-electron chi connectivity index (χ3n) is 2.33. The number of hydrogen-bond donors (Lipinski definition) is 1. The van der Waals surface area contributed by atoms with Crippen molar-refractivity contribution in [1.29, 1.82) is 0 Å². The van der Waals surface area contributed by atoms with Gasteiger partial charge in [0.05, 0.1) is 5.02 Å². The summed E-state index contributed by atoms with van der Waals surface area (Å²) in [6.07, 6.45) is 1.10. The molecule has 0 spiro atoms. The molecule has 18 heavy (non-hydrogen) atoms. The number of rotatable bonds is 5. The van der Waals surface area contributed by atoms with Gasteiger partial charge in [-0.15, -0.1) is 10.2 Å². The van der Waals surface area contributed by atoms with Crippen molar-refractivity contribution in [2.75, 3.05) is 6.54 Å². The summed E-state index contributed by atoms with van der Waals surface area (Å²) >= 11 is 13.6. The molecule has 0 radical (unpaired) electrons. The van der Waals surface area contributed by atoms with Crippen molar-refractivity contribution in [3.05, 3.63) is 33.3 Å². The van der Waals surface area contributed by atoms with Crippen LogP contribution in [0.5, 0.6) is 0 Å². The Morgan fingerprint density at radius 3 is 2.89 bits per heavy atom. The van der Waals surface area contributed by atoms with Crippen LogP contribution in [0.3, 0.4) is 0 Å². The first-order valence-corrected chi connectivity index (χ1v) is 7.26. The van der Waals surface area contributed by atoms with Crippen LogP contribution in [0.1, 0.15) is 18.4 Å². The van der Waals surface area contributed by atoms with Gasteiger partial charge in [-0.2, -0.15) is 0 Å². The fraction of sp³-hybridized carbons (Fsp3) is 0.333. The van der Waals surface area contributed by atoms with Gasteiger partial charge in [-0.25, -0.2) is 0 Å². The van der Waals surface area contributed by atoms with E-state index in [2.05, 4.69) is 22.4 Å². The van der Waals surface area contributed by atoms with Gasteiger partial charge in [0.25, 0.3) is 0 Å². The van der Waals surface area contributed by atoms with Crippen LogP contribution in [0.2, 0.25) is 10.0 Å². The summed E-state index contributed by atoms with van der Waals surface area (Å²) in [5, 5.41) is 14.6. The topological polar surface area (TPSA) is 37.8 Å². The summed E-state index contributed by atoms with van der Waals surface area (Å²) in [4.78, 5) is 0. The second-order valence-corrected chi connectivity index (χ2v) is 5.71.